The lowest BCUT2D eigenvalue weighted by Gasteiger charge is -2.40. The summed E-state index contributed by atoms with van der Waals surface area (Å²) in [5.74, 6) is 7.92. The van der Waals surface area contributed by atoms with Crippen molar-refractivity contribution in [1.29, 1.82) is 0 Å². The van der Waals surface area contributed by atoms with Crippen molar-refractivity contribution in [1.82, 2.24) is 0 Å². The second-order valence-corrected chi connectivity index (χ2v) is 5.93. The van der Waals surface area contributed by atoms with Gasteiger partial charge >= 0.3 is 6.92 Å². The van der Waals surface area contributed by atoms with Crippen LogP contribution in [0.1, 0.15) is 58.8 Å². The minimum absolute atomic E-state index is 0.105. The van der Waals surface area contributed by atoms with Crippen molar-refractivity contribution >= 4 is 6.92 Å². The third-order valence-electron chi connectivity index (χ3n) is 4.37. The molecule has 0 aromatic carbocycles. The van der Waals surface area contributed by atoms with Gasteiger partial charge < -0.3 is 4.65 Å². The predicted molar refractivity (Wildman–Crippen MR) is 78.7 cm³/mol. The summed E-state index contributed by atoms with van der Waals surface area (Å²) in [6, 6.07) is 0. The van der Waals surface area contributed by atoms with Gasteiger partial charge in [-0.15, -0.1) is 0 Å². The lowest BCUT2D eigenvalue weighted by Crippen LogP contribution is -2.39. The van der Waals surface area contributed by atoms with Crippen LogP contribution in [-0.2, 0) is 4.65 Å². The number of fused-ring (bicyclic) bond motifs is 2. The summed E-state index contributed by atoms with van der Waals surface area (Å²) >= 11 is 0. The molecule has 2 rings (SSSR count). The van der Waals surface area contributed by atoms with Gasteiger partial charge in [-0.05, 0) is 30.6 Å². The highest BCUT2D eigenvalue weighted by Gasteiger charge is 2.41. The molecular weight excluding hydrogens is 219 g/mol. The predicted octanol–water partition coefficient (Wildman–Crippen LogP) is 4.46. The first-order valence-electron chi connectivity index (χ1n) is 7.53. The van der Waals surface area contributed by atoms with Crippen LogP contribution >= 0.6 is 0 Å². The Balaban J connectivity index is 1.98. The van der Waals surface area contributed by atoms with Crippen LogP contribution < -0.4 is 0 Å². The molecule has 2 heteroatoms. The van der Waals surface area contributed by atoms with Crippen LogP contribution in [0.25, 0.3) is 0 Å². The molecule has 2 saturated heterocycles. The van der Waals surface area contributed by atoms with Crippen LogP contribution in [0.4, 0.5) is 0 Å². The van der Waals surface area contributed by atoms with E-state index in [1.165, 1.54) is 38.5 Å². The second-order valence-electron chi connectivity index (χ2n) is 5.93. The lowest BCUT2D eigenvalue weighted by molar-refractivity contribution is 0.220. The average molecular weight is 244 g/mol. The maximum absolute atomic E-state index is 6.34. The molecule has 2 aliphatic heterocycles. The lowest BCUT2D eigenvalue weighted by atomic mass is 9.38. The van der Waals surface area contributed by atoms with Crippen LogP contribution in [0.15, 0.2) is 12.2 Å². The fourth-order valence-electron chi connectivity index (χ4n) is 3.46. The minimum atomic E-state index is 0.105. The van der Waals surface area contributed by atoms with Crippen LogP contribution in [0.2, 0.25) is 11.6 Å². The van der Waals surface area contributed by atoms with Gasteiger partial charge in [-0.25, -0.2) is 0 Å². The molecular formula is C16H25BO. The van der Waals surface area contributed by atoms with Crippen molar-refractivity contribution in [2.45, 2.75) is 76.5 Å². The van der Waals surface area contributed by atoms with E-state index < -0.39 is 0 Å². The van der Waals surface area contributed by atoms with E-state index in [2.05, 4.69) is 25.3 Å². The van der Waals surface area contributed by atoms with Crippen molar-refractivity contribution in [2.75, 3.05) is 0 Å². The van der Waals surface area contributed by atoms with E-state index in [1.807, 2.05) is 6.92 Å². The minimum Gasteiger partial charge on any atom is -0.422 e. The highest BCUT2D eigenvalue weighted by Crippen LogP contribution is 2.47. The van der Waals surface area contributed by atoms with Crippen LogP contribution in [0.5, 0.6) is 0 Å². The van der Waals surface area contributed by atoms with Crippen LogP contribution in [0.3, 0.4) is 0 Å². The summed E-state index contributed by atoms with van der Waals surface area (Å²) in [7, 11) is 0. The van der Waals surface area contributed by atoms with Gasteiger partial charge in [-0.1, -0.05) is 63.9 Å². The summed E-state index contributed by atoms with van der Waals surface area (Å²) in [6.07, 6.45) is 9.37. The molecule has 0 saturated carbocycles. The molecule has 1 unspecified atom stereocenters. The van der Waals surface area contributed by atoms with Crippen molar-refractivity contribution in [3.05, 3.63) is 12.2 Å². The Kier molecular flexibility index (Phi) is 4.95. The molecule has 98 valence electrons. The first-order chi connectivity index (χ1) is 8.70. The molecule has 18 heavy (non-hydrogen) atoms. The Hall–Kier alpha value is -0.675. The van der Waals surface area contributed by atoms with Crippen molar-refractivity contribution < 1.29 is 4.65 Å². The SMILES string of the molecule is C=C(C)C#CC(CC)OB1C2CCCC1CCC2. The quantitative estimate of drug-likeness (QED) is 0.526. The molecule has 0 aliphatic carbocycles. The summed E-state index contributed by atoms with van der Waals surface area (Å²) in [6.45, 7) is 8.44. The smallest absolute Gasteiger partial charge is 0.301 e. The standard InChI is InChI=1S/C16H25BO/c1-4-16(12-11-13(2)3)18-17-14-7-5-8-15(17)10-6-9-14/h14-16H,2,4-10H2,1,3H3. The summed E-state index contributed by atoms with van der Waals surface area (Å²) in [5.41, 5.74) is 0.931. The van der Waals surface area contributed by atoms with Gasteiger partial charge in [-0.2, -0.15) is 0 Å². The molecule has 0 radical (unpaired) electrons. The van der Waals surface area contributed by atoms with Gasteiger partial charge in [0.15, 0.2) is 0 Å². The van der Waals surface area contributed by atoms with Crippen molar-refractivity contribution in [2.24, 2.45) is 0 Å². The van der Waals surface area contributed by atoms with E-state index in [-0.39, 0.29) is 6.10 Å². The van der Waals surface area contributed by atoms with Gasteiger partial charge in [0.2, 0.25) is 0 Å². The topological polar surface area (TPSA) is 9.23 Å². The van der Waals surface area contributed by atoms with E-state index in [0.717, 1.165) is 23.6 Å². The molecule has 1 nitrogen and oxygen atoms in total. The van der Waals surface area contributed by atoms with Gasteiger partial charge in [0, 0.05) is 0 Å². The van der Waals surface area contributed by atoms with Crippen molar-refractivity contribution in [3.63, 3.8) is 0 Å². The zero-order valence-electron chi connectivity index (χ0n) is 11.9. The molecule has 2 aliphatic rings. The van der Waals surface area contributed by atoms with E-state index >= 15 is 0 Å². The van der Waals surface area contributed by atoms with Crippen LogP contribution in [0, 0.1) is 11.8 Å². The molecule has 0 spiro atoms. The fraction of sp³-hybridized carbons (Fsp3) is 0.750. The van der Waals surface area contributed by atoms with Crippen LogP contribution in [-0.4, -0.2) is 13.0 Å². The second kappa shape index (κ2) is 6.48. The number of allylic oxidation sites excluding steroid dienone is 1. The molecule has 0 N–H and O–H groups in total. The van der Waals surface area contributed by atoms with E-state index in [0.29, 0.717) is 6.92 Å². The number of hydrogen-bond acceptors (Lipinski definition) is 1. The summed E-state index contributed by atoms with van der Waals surface area (Å²) in [4.78, 5) is 0. The maximum atomic E-state index is 6.34. The first kappa shape index (κ1) is 13.7. The van der Waals surface area contributed by atoms with E-state index in [4.69, 9.17) is 4.65 Å². The summed E-state index contributed by atoms with van der Waals surface area (Å²) in [5, 5.41) is 0. The average Bonchev–Trinajstić information content (AvgIpc) is 2.33. The molecule has 2 bridgehead atoms. The zero-order valence-corrected chi connectivity index (χ0v) is 11.9. The normalized spacial score (nSPS) is 28.2. The Morgan fingerprint density at radius 1 is 1.28 bits per heavy atom. The Labute approximate surface area is 112 Å². The molecule has 2 heterocycles. The first-order valence-corrected chi connectivity index (χ1v) is 7.53. The zero-order chi connectivity index (χ0) is 13.0. The Morgan fingerprint density at radius 2 is 1.83 bits per heavy atom. The molecule has 1 atom stereocenters. The monoisotopic (exact) mass is 244 g/mol. The third-order valence-corrected chi connectivity index (χ3v) is 4.37. The molecule has 2 fully saturated rings. The Bertz CT molecular complexity index is 330. The van der Waals surface area contributed by atoms with Gasteiger partial charge in [0.1, 0.15) is 6.10 Å². The van der Waals surface area contributed by atoms with Gasteiger partial charge in [0.25, 0.3) is 0 Å². The van der Waals surface area contributed by atoms with Crippen molar-refractivity contribution in [3.8, 4) is 11.8 Å². The van der Waals surface area contributed by atoms with Gasteiger partial charge in [0.05, 0.1) is 0 Å². The molecule has 0 amide bonds. The highest BCUT2D eigenvalue weighted by molar-refractivity contribution is 6.56. The third kappa shape index (κ3) is 3.42. The fourth-order valence-corrected chi connectivity index (χ4v) is 3.46. The highest BCUT2D eigenvalue weighted by atomic mass is 16.4. The largest absolute Gasteiger partial charge is 0.422 e. The number of rotatable bonds is 3. The number of hydrogen-bond donors (Lipinski definition) is 0. The van der Waals surface area contributed by atoms with E-state index in [9.17, 15) is 0 Å². The van der Waals surface area contributed by atoms with E-state index in [1.54, 1.807) is 0 Å². The Morgan fingerprint density at radius 3 is 2.28 bits per heavy atom. The summed E-state index contributed by atoms with van der Waals surface area (Å²) < 4.78 is 6.34. The molecule has 0 aromatic rings. The van der Waals surface area contributed by atoms with Gasteiger partial charge in [-0.3, -0.25) is 0 Å². The maximum Gasteiger partial charge on any atom is 0.301 e. The molecule has 0 aromatic heterocycles.